The number of amides is 3. The van der Waals surface area contributed by atoms with Gasteiger partial charge in [-0.15, -0.1) is 0 Å². The largest absolute Gasteiger partial charge is 0.369 e. The number of nitrogens with one attached hydrogen (secondary N) is 1. The van der Waals surface area contributed by atoms with Crippen molar-refractivity contribution >= 4 is 29.2 Å². The lowest BCUT2D eigenvalue weighted by molar-refractivity contribution is -0.137. The molecule has 0 radical (unpaired) electrons. The van der Waals surface area contributed by atoms with Gasteiger partial charge in [-0.3, -0.25) is 19.2 Å². The molecule has 0 bridgehead atoms. The summed E-state index contributed by atoms with van der Waals surface area (Å²) >= 11 is 0. The Kier molecular flexibility index (Phi) is 9.63. The highest BCUT2D eigenvalue weighted by Crippen LogP contribution is 2.33. The number of Topliss-reactive ketones (excluding diaryl/α,β-unsaturated/α-hetero) is 1. The minimum absolute atomic E-state index is 0.00333. The van der Waals surface area contributed by atoms with Crippen LogP contribution in [0.3, 0.4) is 0 Å². The zero-order valence-electron chi connectivity index (χ0n) is 24.9. The fourth-order valence-corrected chi connectivity index (χ4v) is 7.12. The van der Waals surface area contributed by atoms with Crippen LogP contribution < -0.4 is 10.2 Å². The van der Waals surface area contributed by atoms with Gasteiger partial charge >= 0.3 is 0 Å². The van der Waals surface area contributed by atoms with E-state index in [4.69, 9.17) is 0 Å². The number of fused-ring (bicyclic) bond motifs is 1. The molecule has 0 spiro atoms. The number of ketones is 1. The molecule has 3 heterocycles. The standard InChI is InChI=1S/C32H47N5O4/c1-23(12-14-33-32(41)25-8-10-26(11-9-25)35-18-16-34(2)17-19-35)20-29(39)36-15-13-27-31(36)28(38)22-37(27)30(40)21-24-6-4-3-5-7-24/h8-11,23-24,27,31H,3-7,12-22H2,1-2H3,(H,33,41). The first kappa shape index (κ1) is 29.5. The first-order valence-corrected chi connectivity index (χ1v) is 15.7. The molecule has 1 aromatic rings. The molecule has 1 aromatic carbocycles. The fourth-order valence-electron chi connectivity index (χ4n) is 7.12. The Labute approximate surface area is 244 Å². The lowest BCUT2D eigenvalue weighted by Gasteiger charge is -2.34. The predicted molar refractivity (Wildman–Crippen MR) is 159 cm³/mol. The number of carbonyl (C=O) groups excluding carboxylic acids is 4. The Hall–Kier alpha value is -2.94. The number of likely N-dealkylation sites (N-methyl/N-ethyl adjacent to an activating group) is 1. The lowest BCUT2D eigenvalue weighted by Crippen LogP contribution is -2.44. The number of rotatable bonds is 9. The van der Waals surface area contributed by atoms with E-state index in [1.54, 1.807) is 9.80 Å². The highest BCUT2D eigenvalue weighted by Gasteiger charge is 2.51. The maximum atomic E-state index is 13.2. The molecule has 3 atom stereocenters. The fraction of sp³-hybridized carbons (Fsp3) is 0.688. The number of nitrogens with zero attached hydrogens (tertiary/aromatic N) is 4. The van der Waals surface area contributed by atoms with Crippen molar-refractivity contribution in [2.24, 2.45) is 11.8 Å². The predicted octanol–water partition coefficient (Wildman–Crippen LogP) is 2.94. The Morgan fingerprint density at radius 2 is 1.61 bits per heavy atom. The summed E-state index contributed by atoms with van der Waals surface area (Å²) in [4.78, 5) is 60.0. The second-order valence-corrected chi connectivity index (χ2v) is 12.8. The number of hydrogen-bond donors (Lipinski definition) is 1. The van der Waals surface area contributed by atoms with E-state index in [0.29, 0.717) is 50.3 Å². The Balaban J connectivity index is 1.04. The van der Waals surface area contributed by atoms with Gasteiger partial charge in [-0.05, 0) is 68.8 Å². The van der Waals surface area contributed by atoms with Gasteiger partial charge in [0.05, 0.1) is 12.6 Å². The van der Waals surface area contributed by atoms with Crippen LogP contribution in [0.5, 0.6) is 0 Å². The van der Waals surface area contributed by atoms with Gasteiger partial charge in [0.1, 0.15) is 6.04 Å². The third-order valence-corrected chi connectivity index (χ3v) is 9.69. The summed E-state index contributed by atoms with van der Waals surface area (Å²) in [6, 6.07) is 7.13. The molecule has 3 unspecified atom stereocenters. The molecule has 3 aliphatic heterocycles. The summed E-state index contributed by atoms with van der Waals surface area (Å²) in [6.07, 6.45) is 8.08. The normalized spacial score (nSPS) is 24.4. The monoisotopic (exact) mass is 565 g/mol. The van der Waals surface area contributed by atoms with E-state index < -0.39 is 6.04 Å². The second kappa shape index (κ2) is 13.4. The molecule has 4 fully saturated rings. The molecule has 9 heteroatoms. The van der Waals surface area contributed by atoms with Gasteiger partial charge < -0.3 is 24.9 Å². The summed E-state index contributed by atoms with van der Waals surface area (Å²) in [7, 11) is 2.13. The van der Waals surface area contributed by atoms with Gasteiger partial charge in [0.15, 0.2) is 5.78 Å². The average Bonchev–Trinajstić information content (AvgIpc) is 3.55. The van der Waals surface area contributed by atoms with Crippen LogP contribution in [0.25, 0.3) is 0 Å². The van der Waals surface area contributed by atoms with E-state index in [2.05, 4.69) is 22.2 Å². The zero-order chi connectivity index (χ0) is 28.9. The van der Waals surface area contributed by atoms with E-state index >= 15 is 0 Å². The molecule has 9 nitrogen and oxygen atoms in total. The molecule has 3 amide bonds. The molecule has 0 aromatic heterocycles. The first-order chi connectivity index (χ1) is 19.8. The molecule has 41 heavy (non-hydrogen) atoms. The zero-order valence-corrected chi connectivity index (χ0v) is 24.9. The van der Waals surface area contributed by atoms with Crippen molar-refractivity contribution in [3.05, 3.63) is 29.8 Å². The van der Waals surface area contributed by atoms with E-state index in [1.807, 2.05) is 31.2 Å². The third-order valence-electron chi connectivity index (χ3n) is 9.69. The van der Waals surface area contributed by atoms with Gasteiger partial charge in [-0.25, -0.2) is 0 Å². The van der Waals surface area contributed by atoms with E-state index in [0.717, 1.165) is 44.7 Å². The topological polar surface area (TPSA) is 93.3 Å². The SMILES string of the molecule is CC(CCNC(=O)c1ccc(N2CCN(C)CC2)cc1)CC(=O)N1CCC2C1C(=O)CN2C(=O)CC1CCCCC1. The minimum Gasteiger partial charge on any atom is -0.369 e. The number of benzene rings is 1. The van der Waals surface area contributed by atoms with Crippen molar-refractivity contribution in [2.75, 3.05) is 57.8 Å². The van der Waals surface area contributed by atoms with Gasteiger partial charge in [-0.1, -0.05) is 26.2 Å². The Morgan fingerprint density at radius 1 is 0.902 bits per heavy atom. The van der Waals surface area contributed by atoms with Crippen LogP contribution in [0, 0.1) is 11.8 Å². The number of likely N-dealkylation sites (tertiary alicyclic amines) is 2. The van der Waals surface area contributed by atoms with E-state index in [1.165, 1.54) is 19.3 Å². The quantitative estimate of drug-likeness (QED) is 0.495. The van der Waals surface area contributed by atoms with Crippen LogP contribution in [0.15, 0.2) is 24.3 Å². The summed E-state index contributed by atoms with van der Waals surface area (Å²) in [5, 5.41) is 2.99. The van der Waals surface area contributed by atoms with Crippen LogP contribution in [-0.4, -0.2) is 103 Å². The van der Waals surface area contributed by atoms with Crippen molar-refractivity contribution < 1.29 is 19.2 Å². The molecule has 1 aliphatic carbocycles. The average molecular weight is 566 g/mol. The summed E-state index contributed by atoms with van der Waals surface area (Å²) in [6.45, 7) is 7.22. The molecular weight excluding hydrogens is 518 g/mol. The van der Waals surface area contributed by atoms with Crippen LogP contribution in [-0.2, 0) is 14.4 Å². The summed E-state index contributed by atoms with van der Waals surface area (Å²) in [5.41, 5.74) is 1.78. The van der Waals surface area contributed by atoms with Gasteiger partial charge in [0.2, 0.25) is 11.8 Å². The third kappa shape index (κ3) is 7.11. The maximum Gasteiger partial charge on any atom is 0.251 e. The van der Waals surface area contributed by atoms with E-state index in [-0.39, 0.29) is 42.0 Å². The first-order valence-electron chi connectivity index (χ1n) is 15.7. The maximum absolute atomic E-state index is 13.2. The molecular formula is C32H47N5O4. The van der Waals surface area contributed by atoms with Gasteiger partial charge in [-0.2, -0.15) is 0 Å². The lowest BCUT2D eigenvalue weighted by atomic mass is 9.86. The van der Waals surface area contributed by atoms with Crippen molar-refractivity contribution in [3.8, 4) is 0 Å². The number of hydrogen-bond acceptors (Lipinski definition) is 6. The van der Waals surface area contributed by atoms with Crippen molar-refractivity contribution in [1.29, 1.82) is 0 Å². The Morgan fingerprint density at radius 3 is 2.32 bits per heavy atom. The van der Waals surface area contributed by atoms with Crippen molar-refractivity contribution in [3.63, 3.8) is 0 Å². The molecule has 224 valence electrons. The minimum atomic E-state index is -0.487. The van der Waals surface area contributed by atoms with Gasteiger partial charge in [0, 0.05) is 63.4 Å². The summed E-state index contributed by atoms with van der Waals surface area (Å²) in [5.74, 6) is 0.465. The van der Waals surface area contributed by atoms with Gasteiger partial charge in [0.25, 0.3) is 5.91 Å². The molecule has 1 saturated carbocycles. The van der Waals surface area contributed by atoms with Crippen molar-refractivity contribution in [2.45, 2.75) is 76.8 Å². The smallest absolute Gasteiger partial charge is 0.251 e. The number of piperazine rings is 1. The molecule has 3 saturated heterocycles. The van der Waals surface area contributed by atoms with Crippen LogP contribution in [0.1, 0.15) is 75.1 Å². The number of anilines is 1. The highest BCUT2D eigenvalue weighted by molar-refractivity contribution is 5.97. The Bertz CT molecular complexity index is 1090. The van der Waals surface area contributed by atoms with Crippen LogP contribution in [0.4, 0.5) is 5.69 Å². The molecule has 4 aliphatic rings. The summed E-state index contributed by atoms with van der Waals surface area (Å²) < 4.78 is 0. The van der Waals surface area contributed by atoms with Crippen LogP contribution in [0.2, 0.25) is 0 Å². The number of carbonyl (C=O) groups is 4. The van der Waals surface area contributed by atoms with Crippen molar-refractivity contribution in [1.82, 2.24) is 20.0 Å². The second-order valence-electron chi connectivity index (χ2n) is 12.8. The highest BCUT2D eigenvalue weighted by atomic mass is 16.2. The van der Waals surface area contributed by atoms with E-state index in [9.17, 15) is 19.2 Å². The molecule has 1 N–H and O–H groups in total. The van der Waals surface area contributed by atoms with Crippen LogP contribution >= 0.6 is 0 Å². The molecule has 5 rings (SSSR count).